The zero-order valence-corrected chi connectivity index (χ0v) is 14.9. The average molecular weight is 364 g/mol. The minimum absolute atomic E-state index is 0.00627. The van der Waals surface area contributed by atoms with Gasteiger partial charge in [-0.25, -0.2) is 0 Å². The van der Waals surface area contributed by atoms with Crippen LogP contribution in [0.25, 0.3) is 0 Å². The van der Waals surface area contributed by atoms with Crippen molar-refractivity contribution < 1.29 is 19.5 Å². The normalized spacial score (nSPS) is 20.1. The highest BCUT2D eigenvalue weighted by Crippen LogP contribution is 2.40. The molecular formula is C21H20N2O4. The number of carbonyl (C=O) groups is 3. The van der Waals surface area contributed by atoms with E-state index in [-0.39, 0.29) is 17.9 Å². The molecule has 2 N–H and O–H groups in total. The zero-order chi connectivity index (χ0) is 19.1. The van der Waals surface area contributed by atoms with Gasteiger partial charge in [0.2, 0.25) is 5.91 Å². The summed E-state index contributed by atoms with van der Waals surface area (Å²) in [6.45, 7) is 2.16. The maximum atomic E-state index is 12.8. The van der Waals surface area contributed by atoms with Crippen molar-refractivity contribution in [3.63, 3.8) is 0 Å². The number of fused-ring (bicyclic) bond motifs is 2. The molecule has 0 spiro atoms. The zero-order valence-electron chi connectivity index (χ0n) is 14.9. The van der Waals surface area contributed by atoms with Crippen LogP contribution < -0.4 is 10.2 Å². The molecule has 138 valence electrons. The molecule has 1 aliphatic carbocycles. The number of aliphatic carboxylic acids is 1. The molecule has 1 heterocycles. The fraction of sp³-hybridized carbons (Fsp3) is 0.286. The van der Waals surface area contributed by atoms with Crippen molar-refractivity contribution in [2.24, 2.45) is 0 Å². The van der Waals surface area contributed by atoms with Crippen LogP contribution in [-0.4, -0.2) is 29.4 Å². The highest BCUT2D eigenvalue weighted by molar-refractivity contribution is 5.98. The first kappa shape index (κ1) is 17.3. The smallest absolute Gasteiger partial charge is 0.311 e. The van der Waals surface area contributed by atoms with Crippen LogP contribution in [-0.2, 0) is 16.0 Å². The maximum absolute atomic E-state index is 12.8. The van der Waals surface area contributed by atoms with Gasteiger partial charge < -0.3 is 15.3 Å². The topological polar surface area (TPSA) is 86.7 Å². The molecule has 2 aromatic rings. The lowest BCUT2D eigenvalue weighted by atomic mass is 10.0. The number of anilines is 1. The lowest BCUT2D eigenvalue weighted by Crippen LogP contribution is -2.28. The second kappa shape index (κ2) is 6.54. The number of amides is 2. The van der Waals surface area contributed by atoms with E-state index in [1.807, 2.05) is 30.3 Å². The van der Waals surface area contributed by atoms with E-state index in [0.29, 0.717) is 18.5 Å². The first-order valence-corrected chi connectivity index (χ1v) is 8.99. The number of nitrogens with one attached hydrogen (secondary N) is 1. The maximum Gasteiger partial charge on any atom is 0.311 e. The lowest BCUT2D eigenvalue weighted by Gasteiger charge is -2.16. The minimum atomic E-state index is -0.874. The van der Waals surface area contributed by atoms with Gasteiger partial charge in [0.15, 0.2) is 0 Å². The van der Waals surface area contributed by atoms with Crippen LogP contribution in [0.1, 0.15) is 52.4 Å². The highest BCUT2D eigenvalue weighted by atomic mass is 16.4. The van der Waals surface area contributed by atoms with E-state index in [0.717, 1.165) is 28.8 Å². The van der Waals surface area contributed by atoms with E-state index >= 15 is 0 Å². The van der Waals surface area contributed by atoms with E-state index < -0.39 is 11.9 Å². The standard InChI is InChI=1S/C21H20N2O4/c1-12(24)23-9-8-13-10-14(6-7-19(13)23)20(25)22-18-11-17(21(26)27)15-4-2-3-5-16(15)18/h2-7,10,17-18H,8-9,11H2,1H3,(H,22,25)(H,26,27). The average Bonchev–Trinajstić information content (AvgIpc) is 3.23. The second-order valence-corrected chi connectivity index (χ2v) is 7.05. The number of carboxylic acids is 1. The van der Waals surface area contributed by atoms with Gasteiger partial charge in [0.1, 0.15) is 0 Å². The van der Waals surface area contributed by atoms with Crippen molar-refractivity contribution in [3.8, 4) is 0 Å². The van der Waals surface area contributed by atoms with Crippen LogP contribution in [0.4, 0.5) is 5.69 Å². The van der Waals surface area contributed by atoms with Crippen LogP contribution in [0.15, 0.2) is 42.5 Å². The van der Waals surface area contributed by atoms with Crippen LogP contribution in [0, 0.1) is 0 Å². The second-order valence-electron chi connectivity index (χ2n) is 7.05. The molecule has 2 amide bonds. The molecule has 0 saturated carbocycles. The van der Waals surface area contributed by atoms with Gasteiger partial charge in [0, 0.05) is 24.7 Å². The monoisotopic (exact) mass is 364 g/mol. The SMILES string of the molecule is CC(=O)N1CCc2cc(C(=O)NC3CC(C(=O)O)c4ccccc43)ccc21. The fourth-order valence-electron chi connectivity index (χ4n) is 4.12. The van der Waals surface area contributed by atoms with Gasteiger partial charge in [-0.1, -0.05) is 24.3 Å². The molecule has 6 heteroatoms. The molecule has 1 aliphatic heterocycles. The largest absolute Gasteiger partial charge is 0.481 e. The molecule has 2 unspecified atom stereocenters. The Balaban J connectivity index is 1.56. The predicted molar refractivity (Wildman–Crippen MR) is 99.8 cm³/mol. The van der Waals surface area contributed by atoms with Crippen molar-refractivity contribution in [1.29, 1.82) is 0 Å². The summed E-state index contributed by atoms with van der Waals surface area (Å²) >= 11 is 0. The summed E-state index contributed by atoms with van der Waals surface area (Å²) in [6, 6.07) is 12.4. The molecule has 2 aromatic carbocycles. The third kappa shape index (κ3) is 2.97. The number of rotatable bonds is 3. The fourth-order valence-corrected chi connectivity index (χ4v) is 4.12. The molecule has 27 heavy (non-hydrogen) atoms. The third-order valence-corrected chi connectivity index (χ3v) is 5.44. The number of benzene rings is 2. The molecule has 4 rings (SSSR count). The van der Waals surface area contributed by atoms with Gasteiger partial charge in [-0.3, -0.25) is 14.4 Å². The van der Waals surface area contributed by atoms with Gasteiger partial charge in [-0.2, -0.15) is 0 Å². The third-order valence-electron chi connectivity index (χ3n) is 5.44. The van der Waals surface area contributed by atoms with Gasteiger partial charge in [0.05, 0.1) is 12.0 Å². The van der Waals surface area contributed by atoms with Crippen LogP contribution in [0.5, 0.6) is 0 Å². The first-order chi connectivity index (χ1) is 13.0. The predicted octanol–water partition coefficient (Wildman–Crippen LogP) is 2.64. The van der Waals surface area contributed by atoms with Crippen molar-refractivity contribution in [1.82, 2.24) is 5.32 Å². The molecule has 2 aliphatic rings. The Bertz CT molecular complexity index is 953. The van der Waals surface area contributed by atoms with Crippen molar-refractivity contribution in [2.45, 2.75) is 31.7 Å². The minimum Gasteiger partial charge on any atom is -0.481 e. The number of nitrogens with zero attached hydrogens (tertiary/aromatic N) is 1. The van der Waals surface area contributed by atoms with E-state index in [4.69, 9.17) is 0 Å². The molecule has 2 atom stereocenters. The van der Waals surface area contributed by atoms with Gasteiger partial charge >= 0.3 is 5.97 Å². The molecule has 0 saturated heterocycles. The van der Waals surface area contributed by atoms with Crippen LogP contribution in [0.3, 0.4) is 0 Å². The summed E-state index contributed by atoms with van der Waals surface area (Å²) in [7, 11) is 0. The molecule has 0 fully saturated rings. The van der Waals surface area contributed by atoms with Gasteiger partial charge in [0.25, 0.3) is 5.91 Å². The van der Waals surface area contributed by atoms with Crippen molar-refractivity contribution in [2.75, 3.05) is 11.4 Å². The van der Waals surface area contributed by atoms with E-state index in [9.17, 15) is 19.5 Å². The Morgan fingerprint density at radius 1 is 1.11 bits per heavy atom. The number of hydrogen-bond donors (Lipinski definition) is 2. The Kier molecular flexibility index (Phi) is 4.18. The Hall–Kier alpha value is -3.15. The van der Waals surface area contributed by atoms with E-state index in [2.05, 4.69) is 5.32 Å². The van der Waals surface area contributed by atoms with E-state index in [1.165, 1.54) is 6.92 Å². The van der Waals surface area contributed by atoms with Crippen molar-refractivity contribution in [3.05, 3.63) is 64.7 Å². The summed E-state index contributed by atoms with van der Waals surface area (Å²) < 4.78 is 0. The highest BCUT2D eigenvalue weighted by Gasteiger charge is 2.36. The number of hydrogen-bond acceptors (Lipinski definition) is 3. The lowest BCUT2D eigenvalue weighted by molar-refractivity contribution is -0.138. The quantitative estimate of drug-likeness (QED) is 0.877. The summed E-state index contributed by atoms with van der Waals surface area (Å²) in [5, 5.41) is 12.4. The molecular weight excluding hydrogens is 344 g/mol. The molecule has 0 aromatic heterocycles. The Labute approximate surface area is 156 Å². The van der Waals surface area contributed by atoms with Crippen LogP contribution >= 0.6 is 0 Å². The van der Waals surface area contributed by atoms with Gasteiger partial charge in [-0.15, -0.1) is 0 Å². The number of carboxylic acid groups (broad SMARTS) is 1. The first-order valence-electron chi connectivity index (χ1n) is 8.99. The van der Waals surface area contributed by atoms with Crippen LogP contribution in [0.2, 0.25) is 0 Å². The molecule has 0 bridgehead atoms. The van der Waals surface area contributed by atoms with Crippen molar-refractivity contribution >= 4 is 23.5 Å². The Morgan fingerprint density at radius 2 is 1.85 bits per heavy atom. The number of carbonyl (C=O) groups excluding carboxylic acids is 2. The van der Waals surface area contributed by atoms with Gasteiger partial charge in [-0.05, 0) is 47.7 Å². The Morgan fingerprint density at radius 3 is 2.56 bits per heavy atom. The molecule has 0 radical (unpaired) electrons. The summed E-state index contributed by atoms with van der Waals surface area (Å²) in [5.74, 6) is -1.71. The molecule has 6 nitrogen and oxygen atoms in total. The summed E-state index contributed by atoms with van der Waals surface area (Å²) in [4.78, 5) is 37.7. The van der Waals surface area contributed by atoms with E-state index in [1.54, 1.807) is 17.0 Å². The summed E-state index contributed by atoms with van der Waals surface area (Å²) in [6.07, 6.45) is 1.08. The summed E-state index contributed by atoms with van der Waals surface area (Å²) in [5.41, 5.74) is 3.99.